The van der Waals surface area contributed by atoms with Gasteiger partial charge in [-0.3, -0.25) is 14.5 Å². The van der Waals surface area contributed by atoms with Crippen molar-refractivity contribution in [2.45, 2.75) is 77.2 Å². The number of carbonyl (C=O) groups is 2. The van der Waals surface area contributed by atoms with Gasteiger partial charge < -0.3 is 10.2 Å². The molecule has 2 heterocycles. The molecule has 214 valence electrons. The number of nitrogens with zero attached hydrogens (tertiary/aromatic N) is 2. The number of fused-ring (bicyclic) bond motifs is 2. The normalized spacial score (nSPS) is 33.8. The molecule has 2 aliphatic carbocycles. The van der Waals surface area contributed by atoms with Crippen molar-refractivity contribution in [3.05, 3.63) is 71.8 Å². The molecule has 2 aliphatic heterocycles. The molecule has 40 heavy (non-hydrogen) atoms. The number of rotatable bonds is 7. The minimum Gasteiger partial charge on any atom is -0.347 e. The molecule has 5 heteroatoms. The van der Waals surface area contributed by atoms with Crippen LogP contribution in [-0.2, 0) is 21.5 Å². The van der Waals surface area contributed by atoms with E-state index in [4.69, 9.17) is 0 Å². The first-order valence-corrected chi connectivity index (χ1v) is 15.6. The highest BCUT2D eigenvalue weighted by atomic mass is 16.2. The van der Waals surface area contributed by atoms with Crippen LogP contribution in [0.1, 0.15) is 76.3 Å². The van der Waals surface area contributed by atoms with Crippen LogP contribution < -0.4 is 5.32 Å². The van der Waals surface area contributed by atoms with E-state index < -0.39 is 0 Å². The number of hydrogen-bond acceptors (Lipinski definition) is 3. The Hall–Kier alpha value is -2.66. The van der Waals surface area contributed by atoms with Crippen LogP contribution in [0.3, 0.4) is 0 Å². The summed E-state index contributed by atoms with van der Waals surface area (Å²) in [6.07, 6.45) is 8.62. The maximum atomic E-state index is 13.2. The van der Waals surface area contributed by atoms with Crippen LogP contribution in [0.4, 0.5) is 0 Å². The number of carbonyl (C=O) groups excluding carboxylic acids is 2. The van der Waals surface area contributed by atoms with Gasteiger partial charge >= 0.3 is 0 Å². The molecule has 2 amide bonds. The second-order valence-electron chi connectivity index (χ2n) is 14.4. The number of nitrogens with one attached hydrogen (secondary N) is 1. The highest BCUT2D eigenvalue weighted by Gasteiger charge is 2.51. The Bertz CT molecular complexity index is 1200. The Morgan fingerprint density at radius 3 is 2.42 bits per heavy atom. The van der Waals surface area contributed by atoms with Crippen LogP contribution in [0.5, 0.6) is 0 Å². The molecule has 2 bridgehead atoms. The molecule has 5 nitrogen and oxygen atoms in total. The summed E-state index contributed by atoms with van der Waals surface area (Å²) >= 11 is 0. The van der Waals surface area contributed by atoms with E-state index in [1.807, 2.05) is 4.90 Å². The van der Waals surface area contributed by atoms with E-state index in [1.165, 1.54) is 30.4 Å². The summed E-state index contributed by atoms with van der Waals surface area (Å²) in [5.74, 6) is 1.51. The lowest BCUT2D eigenvalue weighted by Crippen LogP contribution is -2.48. The summed E-state index contributed by atoms with van der Waals surface area (Å²) in [7, 11) is 0. The lowest BCUT2D eigenvalue weighted by Gasteiger charge is -2.55. The van der Waals surface area contributed by atoms with E-state index in [0.29, 0.717) is 12.3 Å². The molecule has 2 saturated heterocycles. The van der Waals surface area contributed by atoms with Crippen LogP contribution in [0, 0.1) is 22.7 Å². The highest BCUT2D eigenvalue weighted by Crippen LogP contribution is 2.58. The molecular weight excluding hydrogens is 494 g/mol. The van der Waals surface area contributed by atoms with Crippen molar-refractivity contribution < 1.29 is 9.59 Å². The molecule has 1 spiro atoms. The largest absolute Gasteiger partial charge is 0.347 e. The fourth-order valence-electron chi connectivity index (χ4n) is 9.41. The summed E-state index contributed by atoms with van der Waals surface area (Å²) in [6, 6.07) is 21.7. The zero-order chi connectivity index (χ0) is 27.8. The smallest absolute Gasteiger partial charge is 0.241 e. The van der Waals surface area contributed by atoms with Gasteiger partial charge in [-0.1, -0.05) is 74.5 Å². The standard InChI is InChI=1S/C35H47N3O2/c1-27-17-29-19-33(2,24-35(18-27,20-29)30-11-7-4-8-12-30)21-31(39)36-22-32(40)38-16-14-34(26-38)13-15-37(25-34)23-28-9-5-3-6-10-28/h3-12,27,29H,13-26H2,1-2H3,(H,36,39). The van der Waals surface area contributed by atoms with Crippen LogP contribution in [-0.4, -0.2) is 54.3 Å². The van der Waals surface area contributed by atoms with Gasteiger partial charge in [-0.2, -0.15) is 0 Å². The lowest BCUT2D eigenvalue weighted by molar-refractivity contribution is -0.133. The van der Waals surface area contributed by atoms with Crippen molar-refractivity contribution in [2.75, 3.05) is 32.7 Å². The Labute approximate surface area is 240 Å². The SMILES string of the molecule is CC1CC2CC(C)(CC(=O)NCC(=O)N3CCC4(CCN(Cc5ccccc5)C4)C3)CC(c3ccccc3)(C1)C2. The summed E-state index contributed by atoms with van der Waals surface area (Å²) in [5.41, 5.74) is 3.16. The summed E-state index contributed by atoms with van der Waals surface area (Å²) in [6.45, 7) is 9.62. The number of hydrogen-bond donors (Lipinski definition) is 1. The molecule has 0 aromatic heterocycles. The van der Waals surface area contributed by atoms with Crippen molar-refractivity contribution in [3.63, 3.8) is 0 Å². The van der Waals surface area contributed by atoms with Gasteiger partial charge in [0.15, 0.2) is 0 Å². The molecular formula is C35H47N3O2. The van der Waals surface area contributed by atoms with E-state index in [0.717, 1.165) is 64.3 Å². The minimum absolute atomic E-state index is 0.0320. The van der Waals surface area contributed by atoms with Crippen molar-refractivity contribution in [2.24, 2.45) is 22.7 Å². The van der Waals surface area contributed by atoms with Gasteiger partial charge in [-0.05, 0) is 85.3 Å². The van der Waals surface area contributed by atoms with Crippen LogP contribution >= 0.6 is 0 Å². The lowest BCUT2D eigenvalue weighted by atomic mass is 9.50. The topological polar surface area (TPSA) is 52.7 Å². The first kappa shape index (κ1) is 27.5. The van der Waals surface area contributed by atoms with Crippen molar-refractivity contribution in [1.29, 1.82) is 0 Å². The average molecular weight is 542 g/mol. The maximum absolute atomic E-state index is 13.2. The second kappa shape index (κ2) is 11.0. The number of benzene rings is 2. The molecule has 2 saturated carbocycles. The quantitative estimate of drug-likeness (QED) is 0.483. The Morgan fingerprint density at radius 2 is 1.65 bits per heavy atom. The van der Waals surface area contributed by atoms with Crippen LogP contribution in [0.2, 0.25) is 0 Å². The zero-order valence-electron chi connectivity index (χ0n) is 24.5. The van der Waals surface area contributed by atoms with E-state index in [9.17, 15) is 9.59 Å². The first-order chi connectivity index (χ1) is 19.2. The fraction of sp³-hybridized carbons (Fsp3) is 0.600. The van der Waals surface area contributed by atoms with E-state index >= 15 is 0 Å². The molecule has 0 radical (unpaired) electrons. The summed E-state index contributed by atoms with van der Waals surface area (Å²) in [5, 5.41) is 3.04. The minimum atomic E-state index is -0.0320. The molecule has 6 rings (SSSR count). The fourth-order valence-corrected chi connectivity index (χ4v) is 9.41. The third kappa shape index (κ3) is 5.86. The molecule has 2 aromatic carbocycles. The Kier molecular flexibility index (Phi) is 7.54. The molecule has 4 aliphatic rings. The van der Waals surface area contributed by atoms with E-state index in [-0.39, 0.29) is 34.6 Å². The average Bonchev–Trinajstić information content (AvgIpc) is 3.53. The van der Waals surface area contributed by atoms with Crippen LogP contribution in [0.15, 0.2) is 60.7 Å². The predicted molar refractivity (Wildman–Crippen MR) is 160 cm³/mol. The Morgan fingerprint density at radius 1 is 0.925 bits per heavy atom. The molecule has 1 N–H and O–H groups in total. The van der Waals surface area contributed by atoms with Gasteiger partial charge in [0.25, 0.3) is 0 Å². The molecule has 2 aromatic rings. The number of likely N-dealkylation sites (tertiary alicyclic amines) is 2. The predicted octanol–water partition coefficient (Wildman–Crippen LogP) is 5.79. The third-order valence-electron chi connectivity index (χ3n) is 10.7. The summed E-state index contributed by atoms with van der Waals surface area (Å²) in [4.78, 5) is 30.9. The maximum Gasteiger partial charge on any atom is 0.241 e. The van der Waals surface area contributed by atoms with Crippen LogP contribution in [0.25, 0.3) is 0 Å². The van der Waals surface area contributed by atoms with Gasteiger partial charge in [-0.15, -0.1) is 0 Å². The Balaban J connectivity index is 1.01. The van der Waals surface area contributed by atoms with E-state index in [1.54, 1.807) is 0 Å². The van der Waals surface area contributed by atoms with Crippen molar-refractivity contribution in [3.8, 4) is 0 Å². The van der Waals surface area contributed by atoms with Gasteiger partial charge in [0.2, 0.25) is 11.8 Å². The van der Waals surface area contributed by atoms with Gasteiger partial charge in [0.05, 0.1) is 6.54 Å². The van der Waals surface area contributed by atoms with Crippen molar-refractivity contribution >= 4 is 11.8 Å². The molecule has 4 fully saturated rings. The van der Waals surface area contributed by atoms with E-state index in [2.05, 4.69) is 84.7 Å². The van der Waals surface area contributed by atoms with Gasteiger partial charge in [0, 0.05) is 38.0 Å². The second-order valence-corrected chi connectivity index (χ2v) is 14.4. The zero-order valence-corrected chi connectivity index (χ0v) is 24.5. The van der Waals surface area contributed by atoms with Crippen molar-refractivity contribution in [1.82, 2.24) is 15.1 Å². The molecule has 5 atom stereocenters. The summed E-state index contributed by atoms with van der Waals surface area (Å²) < 4.78 is 0. The monoisotopic (exact) mass is 541 g/mol. The molecule has 5 unspecified atom stereocenters. The van der Waals surface area contributed by atoms with Gasteiger partial charge in [0.1, 0.15) is 0 Å². The van der Waals surface area contributed by atoms with Gasteiger partial charge in [-0.25, -0.2) is 0 Å². The third-order valence-corrected chi connectivity index (χ3v) is 10.7. The first-order valence-electron chi connectivity index (χ1n) is 15.6. The number of amides is 2. The highest BCUT2D eigenvalue weighted by molar-refractivity contribution is 5.85.